The monoisotopic (exact) mass is 258 g/mol. The van der Waals surface area contributed by atoms with Crippen LogP contribution in [0, 0.1) is 0 Å². The summed E-state index contributed by atoms with van der Waals surface area (Å²) in [6.45, 7) is 2.62. The maximum Gasteiger partial charge on any atom is 0.124 e. The molecule has 4 heteroatoms. The van der Waals surface area contributed by atoms with Crippen molar-refractivity contribution in [3.8, 4) is 11.3 Å². The number of ether oxygens (including phenoxy) is 1. The summed E-state index contributed by atoms with van der Waals surface area (Å²) in [7, 11) is 0. The molecule has 3 nitrogen and oxygen atoms in total. The summed E-state index contributed by atoms with van der Waals surface area (Å²) < 4.78 is 5.77. The van der Waals surface area contributed by atoms with Crippen LogP contribution in [0.25, 0.3) is 11.3 Å². The van der Waals surface area contributed by atoms with Gasteiger partial charge in [-0.3, -0.25) is 0 Å². The molecule has 1 aliphatic heterocycles. The Labute approximate surface area is 110 Å². The minimum Gasteiger partial charge on any atom is -0.368 e. The Hall–Kier alpha value is -1.23. The summed E-state index contributed by atoms with van der Waals surface area (Å²) >= 11 is 1.81. The fourth-order valence-electron chi connectivity index (χ4n) is 2.64. The van der Waals surface area contributed by atoms with Crippen molar-refractivity contribution in [3.63, 3.8) is 0 Å². The zero-order chi connectivity index (χ0) is 11.9. The van der Waals surface area contributed by atoms with Crippen LogP contribution < -0.4 is 5.32 Å². The van der Waals surface area contributed by atoms with Crippen molar-refractivity contribution in [2.24, 2.45) is 0 Å². The molecular weight excluding hydrogens is 244 g/mol. The summed E-state index contributed by atoms with van der Waals surface area (Å²) in [5, 5.41) is 4.49. The second-order valence-electron chi connectivity index (χ2n) is 4.72. The lowest BCUT2D eigenvalue weighted by Crippen LogP contribution is -2.33. The van der Waals surface area contributed by atoms with Gasteiger partial charge in [0.1, 0.15) is 11.1 Å². The average molecular weight is 258 g/mol. The van der Waals surface area contributed by atoms with E-state index >= 15 is 0 Å². The molecule has 0 radical (unpaired) electrons. The first-order valence-corrected chi connectivity index (χ1v) is 7.13. The first-order valence-electron chi connectivity index (χ1n) is 6.32. The summed E-state index contributed by atoms with van der Waals surface area (Å²) in [5.74, 6) is 0. The standard InChI is InChI=1S/C14H14N2OS/c1-2-4-10-9(3-1)7-12-13(10)16-14(18-12)11-8-15-5-6-17-11/h1-4,11,15H,5-8H2. The Balaban J connectivity index is 1.71. The number of rotatable bonds is 1. The molecule has 1 aliphatic carbocycles. The Kier molecular flexibility index (Phi) is 2.46. The van der Waals surface area contributed by atoms with Crippen molar-refractivity contribution in [2.75, 3.05) is 19.7 Å². The molecule has 2 aliphatic rings. The fourth-order valence-corrected chi connectivity index (χ4v) is 3.79. The highest BCUT2D eigenvalue weighted by molar-refractivity contribution is 7.12. The van der Waals surface area contributed by atoms with Gasteiger partial charge in [-0.05, 0) is 5.56 Å². The van der Waals surface area contributed by atoms with E-state index in [0.717, 1.165) is 31.1 Å². The van der Waals surface area contributed by atoms with Crippen molar-refractivity contribution in [1.82, 2.24) is 10.3 Å². The van der Waals surface area contributed by atoms with E-state index in [1.54, 1.807) is 0 Å². The Bertz CT molecular complexity index is 587. The lowest BCUT2D eigenvalue weighted by molar-refractivity contribution is 0.0276. The number of nitrogens with zero attached hydrogens (tertiary/aromatic N) is 1. The van der Waals surface area contributed by atoms with Crippen molar-refractivity contribution in [1.29, 1.82) is 0 Å². The van der Waals surface area contributed by atoms with Gasteiger partial charge in [0.2, 0.25) is 0 Å². The number of nitrogens with one attached hydrogen (secondary N) is 1. The van der Waals surface area contributed by atoms with E-state index in [4.69, 9.17) is 9.72 Å². The maximum absolute atomic E-state index is 5.77. The van der Waals surface area contributed by atoms with E-state index in [1.165, 1.54) is 21.7 Å². The smallest absolute Gasteiger partial charge is 0.124 e. The molecule has 1 unspecified atom stereocenters. The predicted molar refractivity (Wildman–Crippen MR) is 71.9 cm³/mol. The molecule has 0 spiro atoms. The van der Waals surface area contributed by atoms with E-state index in [9.17, 15) is 0 Å². The topological polar surface area (TPSA) is 34.1 Å². The van der Waals surface area contributed by atoms with Crippen molar-refractivity contribution in [3.05, 3.63) is 39.7 Å². The zero-order valence-electron chi connectivity index (χ0n) is 9.98. The molecule has 4 rings (SSSR count). The van der Waals surface area contributed by atoms with Gasteiger partial charge in [0.05, 0.1) is 12.3 Å². The highest BCUT2D eigenvalue weighted by Gasteiger charge is 2.26. The van der Waals surface area contributed by atoms with Gasteiger partial charge in [-0.1, -0.05) is 24.3 Å². The summed E-state index contributed by atoms with van der Waals surface area (Å²) in [6, 6.07) is 8.56. The van der Waals surface area contributed by atoms with Crippen LogP contribution in [-0.4, -0.2) is 24.7 Å². The van der Waals surface area contributed by atoms with E-state index in [2.05, 4.69) is 29.6 Å². The number of morpholine rings is 1. The molecule has 1 fully saturated rings. The van der Waals surface area contributed by atoms with Crippen LogP contribution in [0.2, 0.25) is 0 Å². The van der Waals surface area contributed by atoms with Gasteiger partial charge in [-0.2, -0.15) is 0 Å². The van der Waals surface area contributed by atoms with E-state index in [-0.39, 0.29) is 6.10 Å². The Morgan fingerprint density at radius 2 is 2.28 bits per heavy atom. The molecule has 0 amide bonds. The molecule has 1 saturated heterocycles. The van der Waals surface area contributed by atoms with Gasteiger partial charge < -0.3 is 10.1 Å². The van der Waals surface area contributed by atoms with Gasteiger partial charge in [0, 0.05) is 30.0 Å². The highest BCUT2D eigenvalue weighted by atomic mass is 32.1. The normalized spacial score (nSPS) is 21.7. The third-order valence-corrected chi connectivity index (χ3v) is 4.69. The lowest BCUT2D eigenvalue weighted by Gasteiger charge is -2.21. The first-order chi connectivity index (χ1) is 8.92. The number of hydrogen-bond donors (Lipinski definition) is 1. The second-order valence-corrected chi connectivity index (χ2v) is 5.84. The molecule has 1 N–H and O–H groups in total. The van der Waals surface area contributed by atoms with Gasteiger partial charge in [0.25, 0.3) is 0 Å². The molecule has 2 heterocycles. The van der Waals surface area contributed by atoms with Crippen LogP contribution in [0.15, 0.2) is 24.3 Å². The molecule has 1 aromatic carbocycles. The van der Waals surface area contributed by atoms with Crippen molar-refractivity contribution in [2.45, 2.75) is 12.5 Å². The minimum absolute atomic E-state index is 0.140. The molecule has 18 heavy (non-hydrogen) atoms. The zero-order valence-corrected chi connectivity index (χ0v) is 10.8. The van der Waals surface area contributed by atoms with E-state index < -0.39 is 0 Å². The lowest BCUT2D eigenvalue weighted by atomic mass is 10.1. The van der Waals surface area contributed by atoms with E-state index in [0.29, 0.717) is 0 Å². The van der Waals surface area contributed by atoms with Crippen LogP contribution in [0.4, 0.5) is 0 Å². The molecule has 2 aromatic rings. The summed E-state index contributed by atoms with van der Waals surface area (Å²) in [5.41, 5.74) is 3.89. The number of thiazole rings is 1. The summed E-state index contributed by atoms with van der Waals surface area (Å²) in [4.78, 5) is 6.20. The SMILES string of the molecule is c1ccc2c(c1)Cc1sc(C3CNCCO3)nc1-2. The maximum atomic E-state index is 5.77. The second kappa shape index (κ2) is 4.16. The Morgan fingerprint density at radius 1 is 1.33 bits per heavy atom. The molecule has 0 saturated carbocycles. The third kappa shape index (κ3) is 1.61. The molecule has 1 aromatic heterocycles. The van der Waals surface area contributed by atoms with Crippen LogP contribution >= 0.6 is 11.3 Å². The van der Waals surface area contributed by atoms with Gasteiger partial charge in [-0.15, -0.1) is 11.3 Å². The molecule has 1 atom stereocenters. The van der Waals surface area contributed by atoms with Crippen molar-refractivity contribution < 1.29 is 4.74 Å². The first kappa shape index (κ1) is 10.7. The average Bonchev–Trinajstić information content (AvgIpc) is 2.97. The number of hydrogen-bond acceptors (Lipinski definition) is 4. The van der Waals surface area contributed by atoms with Gasteiger partial charge in [-0.25, -0.2) is 4.98 Å². The van der Waals surface area contributed by atoms with E-state index in [1.807, 2.05) is 11.3 Å². The minimum atomic E-state index is 0.140. The Morgan fingerprint density at radius 3 is 3.17 bits per heavy atom. The largest absolute Gasteiger partial charge is 0.368 e. The molecule has 0 bridgehead atoms. The van der Waals surface area contributed by atoms with Crippen LogP contribution in [0.3, 0.4) is 0 Å². The van der Waals surface area contributed by atoms with Gasteiger partial charge >= 0.3 is 0 Å². The number of aromatic nitrogens is 1. The van der Waals surface area contributed by atoms with Gasteiger partial charge in [0.15, 0.2) is 0 Å². The number of fused-ring (bicyclic) bond motifs is 3. The van der Waals surface area contributed by atoms with Crippen molar-refractivity contribution >= 4 is 11.3 Å². The predicted octanol–water partition coefficient (Wildman–Crippen LogP) is 2.38. The van der Waals surface area contributed by atoms with Crippen LogP contribution in [0.1, 0.15) is 21.6 Å². The summed E-state index contributed by atoms with van der Waals surface area (Å²) in [6.07, 6.45) is 1.17. The van der Waals surface area contributed by atoms with Crippen LogP contribution in [-0.2, 0) is 11.2 Å². The van der Waals surface area contributed by atoms with Crippen LogP contribution in [0.5, 0.6) is 0 Å². The number of benzene rings is 1. The molecule has 92 valence electrons. The molecular formula is C14H14N2OS. The fraction of sp³-hybridized carbons (Fsp3) is 0.357. The highest BCUT2D eigenvalue weighted by Crippen LogP contribution is 2.41. The third-order valence-electron chi connectivity index (χ3n) is 3.54. The quantitative estimate of drug-likeness (QED) is 0.727.